The van der Waals surface area contributed by atoms with Gasteiger partial charge in [0.15, 0.2) is 5.75 Å². The fraction of sp³-hybridized carbons (Fsp3) is 0.458. The number of aliphatic imine (C=N–C) groups is 1. The van der Waals surface area contributed by atoms with Gasteiger partial charge in [-0.15, -0.1) is 0 Å². The standard InChI is InChI=1S/C13H9N3O9S.C11H25NO.Cr.H2O/c17-11-4-8(15(19)20)2-1-7(11)6-14-10-3-9(16(21)22)5-12(13(10)18)26(23,24)25;1-3-5-7-11(4-2)10-13-9-6-8-12;;/h1-6,17-18H,(H,23,24,25);11H,3-10,12H2,1-2H3;;1H2/p+1. The van der Waals surface area contributed by atoms with Crippen molar-refractivity contribution in [3.05, 3.63) is 56.1 Å². The van der Waals surface area contributed by atoms with E-state index in [0.29, 0.717) is 6.07 Å². The number of hydrogen-bond donors (Lipinski definition) is 4. The predicted molar refractivity (Wildman–Crippen MR) is 149 cm³/mol. The summed E-state index contributed by atoms with van der Waals surface area (Å²) in [5.74, 6) is -0.823. The van der Waals surface area contributed by atoms with Gasteiger partial charge in [-0.2, -0.15) is 8.42 Å². The predicted octanol–water partition coefficient (Wildman–Crippen LogP) is 3.77. The van der Waals surface area contributed by atoms with Crippen LogP contribution in [0.2, 0.25) is 0 Å². The molecule has 0 saturated heterocycles. The summed E-state index contributed by atoms with van der Waals surface area (Å²) in [6, 6.07) is 4.20. The molecule has 0 aliphatic carbocycles. The van der Waals surface area contributed by atoms with Crippen LogP contribution in [0.25, 0.3) is 0 Å². The smallest absolute Gasteiger partial charge is 0.507 e. The number of aromatic hydroxyl groups is 2. The number of unbranched alkanes of at least 4 members (excludes halogenated alkanes) is 1. The third-order valence-electron chi connectivity index (χ3n) is 5.49. The van der Waals surface area contributed by atoms with Gasteiger partial charge in [-0.25, -0.2) is 0 Å². The number of ether oxygens (including phenoxy) is 1. The van der Waals surface area contributed by atoms with E-state index in [2.05, 4.69) is 18.8 Å². The zero-order valence-electron chi connectivity index (χ0n) is 23.6. The third kappa shape index (κ3) is 13.8. The molecule has 0 saturated carbocycles. The van der Waals surface area contributed by atoms with E-state index >= 15 is 0 Å². The summed E-state index contributed by atoms with van der Waals surface area (Å²) < 4.78 is 37.0. The second kappa shape index (κ2) is 19.8. The largest absolute Gasteiger partial charge is 1.00 e. The Labute approximate surface area is 250 Å². The van der Waals surface area contributed by atoms with Crippen LogP contribution < -0.4 is 5.73 Å². The number of hydrogen-bond acceptors (Lipinski definition) is 11. The zero-order valence-corrected chi connectivity index (χ0v) is 24.7. The van der Waals surface area contributed by atoms with Crippen LogP contribution in [0.15, 0.2) is 40.2 Å². The van der Waals surface area contributed by atoms with E-state index in [9.17, 15) is 38.9 Å². The molecule has 0 aliphatic rings. The minimum atomic E-state index is -4.97. The number of nitro benzene ring substituents is 2. The summed E-state index contributed by atoms with van der Waals surface area (Å²) in [4.78, 5) is 22.3. The Morgan fingerprint density at radius 3 is 2.22 bits per heavy atom. The van der Waals surface area contributed by atoms with Crippen molar-refractivity contribution < 1.29 is 62.0 Å². The number of nitrogens with zero attached hydrogens (tertiary/aromatic N) is 3. The van der Waals surface area contributed by atoms with Crippen LogP contribution in [0.3, 0.4) is 0 Å². The Kier molecular flexibility index (Phi) is 19.3. The van der Waals surface area contributed by atoms with E-state index in [4.69, 9.17) is 15.0 Å². The molecule has 15 nitrogen and oxygen atoms in total. The normalized spacial score (nSPS) is 11.5. The molecule has 0 amide bonds. The Morgan fingerprint density at radius 2 is 1.73 bits per heavy atom. The summed E-state index contributed by atoms with van der Waals surface area (Å²) in [7, 11) is -4.97. The average Bonchev–Trinajstić information content (AvgIpc) is 2.87. The van der Waals surface area contributed by atoms with Crippen LogP contribution in [0, 0.1) is 26.1 Å². The van der Waals surface area contributed by atoms with E-state index in [0.717, 1.165) is 62.6 Å². The number of rotatable bonds is 14. The number of nitrogens with two attached hydrogens (primary N) is 1. The molecule has 0 aliphatic heterocycles. The van der Waals surface area contributed by atoms with Gasteiger partial charge in [0.2, 0.25) is 0 Å². The van der Waals surface area contributed by atoms with Gasteiger partial charge >= 0.3 is 1.43 Å². The van der Waals surface area contributed by atoms with Crippen molar-refractivity contribution in [3.63, 3.8) is 0 Å². The molecule has 2 aromatic rings. The van der Waals surface area contributed by atoms with Gasteiger partial charge in [0.05, 0.1) is 15.9 Å². The van der Waals surface area contributed by atoms with Crippen LogP contribution in [-0.4, -0.2) is 64.5 Å². The maximum atomic E-state index is 11.2. The molecule has 41 heavy (non-hydrogen) atoms. The van der Waals surface area contributed by atoms with Crippen LogP contribution in [0.4, 0.5) is 17.1 Å². The first-order chi connectivity index (χ1) is 18.3. The monoisotopic (exact) mass is 641 g/mol. The Balaban J connectivity index is -0.000000820. The zero-order chi connectivity index (χ0) is 29.6. The molecule has 2 rings (SSSR count). The molecule has 0 heterocycles. The number of benzene rings is 2. The molecule has 17 heteroatoms. The molecule has 0 aromatic heterocycles. The van der Waals surface area contributed by atoms with Gasteiger partial charge in [0.1, 0.15) is 16.3 Å². The van der Waals surface area contributed by atoms with Gasteiger partial charge < -0.3 is 26.2 Å². The van der Waals surface area contributed by atoms with Crippen LogP contribution in [-0.2, 0) is 32.2 Å². The second-order valence-electron chi connectivity index (χ2n) is 8.44. The summed E-state index contributed by atoms with van der Waals surface area (Å²) in [6.07, 6.45) is 7.06. The minimum absolute atomic E-state index is 0. The third-order valence-corrected chi connectivity index (χ3v) is 6.35. The Bertz CT molecular complexity index is 1270. The molecule has 1 unspecified atom stereocenters. The van der Waals surface area contributed by atoms with E-state index in [1.54, 1.807) is 0 Å². The van der Waals surface area contributed by atoms with Crippen molar-refractivity contribution in [3.8, 4) is 11.5 Å². The molecule has 2 aromatic carbocycles. The minimum Gasteiger partial charge on any atom is -0.507 e. The van der Waals surface area contributed by atoms with Crippen LogP contribution in [0.5, 0.6) is 11.5 Å². The number of phenols is 2. The molecule has 0 spiro atoms. The van der Waals surface area contributed by atoms with Gasteiger partial charge in [-0.3, -0.25) is 29.8 Å². The van der Waals surface area contributed by atoms with Gasteiger partial charge in [-0.1, -0.05) is 33.1 Å². The molecule has 230 valence electrons. The molecule has 0 bridgehead atoms. The molecule has 1 atom stereocenters. The van der Waals surface area contributed by atoms with Crippen molar-refractivity contribution in [2.24, 2.45) is 16.6 Å². The molecular weight excluding hydrogens is 604 g/mol. The van der Waals surface area contributed by atoms with E-state index in [1.807, 2.05) is 0 Å². The van der Waals surface area contributed by atoms with Crippen molar-refractivity contribution in [1.29, 1.82) is 0 Å². The van der Waals surface area contributed by atoms with E-state index < -0.39 is 53.4 Å². The Morgan fingerprint density at radius 1 is 1.10 bits per heavy atom. The van der Waals surface area contributed by atoms with Gasteiger partial charge in [0.25, 0.3) is 21.5 Å². The summed E-state index contributed by atoms with van der Waals surface area (Å²) in [6.45, 7) is 6.98. The van der Waals surface area contributed by atoms with Crippen LogP contribution >= 0.6 is 0 Å². The van der Waals surface area contributed by atoms with Crippen molar-refractivity contribution >= 4 is 33.4 Å². The van der Waals surface area contributed by atoms with Crippen LogP contribution in [0.1, 0.15) is 52.9 Å². The fourth-order valence-electron chi connectivity index (χ4n) is 3.21. The molecule has 7 N–H and O–H groups in total. The first-order valence-electron chi connectivity index (χ1n) is 12.1. The SMILES string of the molecule is CCCCC(CC)COCCCN.O.O=[N+]([O-])c1ccc(C=Nc2cc([N+](=O)[O-])cc(S(=O)(=O)O)c2O)c(O)c1.[Cr].[H+]. The number of nitro groups is 2. The first-order valence-corrected chi connectivity index (χ1v) is 13.6. The summed E-state index contributed by atoms with van der Waals surface area (Å²) in [5, 5.41) is 41.0. The first kappa shape index (κ1) is 40.0. The van der Waals surface area contributed by atoms with Crippen molar-refractivity contribution in [2.75, 3.05) is 19.8 Å². The number of phenolic OH excluding ortho intramolecular Hbond substituents is 2. The van der Waals surface area contributed by atoms with Crippen molar-refractivity contribution in [1.82, 2.24) is 0 Å². The Hall–Kier alpha value is -3.17. The van der Waals surface area contributed by atoms with Gasteiger partial charge in [-0.05, 0) is 31.4 Å². The van der Waals surface area contributed by atoms with E-state index in [-0.39, 0.29) is 29.8 Å². The van der Waals surface area contributed by atoms with Crippen molar-refractivity contribution in [2.45, 2.75) is 50.8 Å². The molecular formula is C24H37CrN4O11S+. The van der Waals surface area contributed by atoms with Gasteiger partial charge in [0, 0.05) is 60.6 Å². The topological polar surface area (TPSA) is 260 Å². The quantitative estimate of drug-likeness (QED) is 0.0758. The average molecular weight is 642 g/mol. The molecule has 0 radical (unpaired) electrons. The number of non-ortho nitro benzene ring substituents is 2. The fourth-order valence-corrected chi connectivity index (χ4v) is 3.83. The molecule has 0 fully saturated rings. The maximum Gasteiger partial charge on any atom is 1.00 e. The summed E-state index contributed by atoms with van der Waals surface area (Å²) >= 11 is 0. The second-order valence-corrected chi connectivity index (χ2v) is 9.83. The maximum absolute atomic E-state index is 11.2. The summed E-state index contributed by atoms with van der Waals surface area (Å²) in [5.41, 5.74) is 3.59. The van der Waals surface area contributed by atoms with E-state index in [1.165, 1.54) is 25.7 Å².